The van der Waals surface area contributed by atoms with Crippen molar-refractivity contribution in [1.29, 1.82) is 0 Å². The molecule has 0 bridgehead atoms. The Balaban J connectivity index is 1.91. The number of aliphatic hydroxyl groups excluding tert-OH is 1. The minimum atomic E-state index is -0.559. The normalized spacial score (nSPS) is 22.3. The van der Waals surface area contributed by atoms with Crippen LogP contribution in [0.5, 0.6) is 0 Å². The maximum absolute atomic E-state index is 13.6. The average molecular weight is 315 g/mol. The molecule has 1 saturated carbocycles. The topological polar surface area (TPSA) is 52.6 Å². The third-order valence-electron chi connectivity index (χ3n) is 3.86. The van der Waals surface area contributed by atoms with Gasteiger partial charge in [-0.05, 0) is 38.1 Å². The number of anilines is 1. The minimum Gasteiger partial charge on any atom is -0.391 e. The van der Waals surface area contributed by atoms with E-state index in [-0.39, 0.29) is 29.2 Å². The van der Waals surface area contributed by atoms with Crippen LogP contribution in [0.15, 0.2) is 18.2 Å². The van der Waals surface area contributed by atoms with Crippen molar-refractivity contribution in [2.45, 2.75) is 37.8 Å². The summed E-state index contributed by atoms with van der Waals surface area (Å²) in [5.74, 6) is -0.868. The van der Waals surface area contributed by atoms with E-state index in [0.717, 1.165) is 31.7 Å². The van der Waals surface area contributed by atoms with Gasteiger partial charge in [-0.2, -0.15) is 0 Å². The number of halogens is 2. The summed E-state index contributed by atoms with van der Waals surface area (Å²) in [6.45, 7) is 0.115. The molecule has 0 aromatic heterocycles. The van der Waals surface area contributed by atoms with E-state index in [4.69, 9.17) is 11.6 Å². The number of amides is 1. The monoisotopic (exact) mass is 314 g/mol. The van der Waals surface area contributed by atoms with Crippen molar-refractivity contribution in [3.63, 3.8) is 0 Å². The third-order valence-corrected chi connectivity index (χ3v) is 4.09. The van der Waals surface area contributed by atoms with Crippen molar-refractivity contribution in [2.75, 3.05) is 18.9 Å². The Labute approximate surface area is 128 Å². The van der Waals surface area contributed by atoms with E-state index >= 15 is 0 Å². The third kappa shape index (κ3) is 4.40. The van der Waals surface area contributed by atoms with Crippen LogP contribution in [0.4, 0.5) is 10.1 Å². The Morgan fingerprint density at radius 2 is 2.19 bits per heavy atom. The maximum Gasteiger partial charge on any atom is 0.238 e. The smallest absolute Gasteiger partial charge is 0.238 e. The lowest BCUT2D eigenvalue weighted by Crippen LogP contribution is -2.46. The molecule has 0 saturated heterocycles. The Morgan fingerprint density at radius 3 is 2.86 bits per heavy atom. The van der Waals surface area contributed by atoms with Crippen molar-refractivity contribution in [3.8, 4) is 0 Å². The highest BCUT2D eigenvalue weighted by Gasteiger charge is 2.27. The molecule has 6 heteroatoms. The molecule has 1 fully saturated rings. The van der Waals surface area contributed by atoms with E-state index in [1.165, 1.54) is 12.1 Å². The first-order valence-corrected chi connectivity index (χ1v) is 7.48. The van der Waals surface area contributed by atoms with Crippen LogP contribution in [-0.4, -0.2) is 41.7 Å². The summed E-state index contributed by atoms with van der Waals surface area (Å²) in [6, 6.07) is 4.10. The summed E-state index contributed by atoms with van der Waals surface area (Å²) in [5, 5.41) is 12.8. The van der Waals surface area contributed by atoms with E-state index in [0.29, 0.717) is 0 Å². The van der Waals surface area contributed by atoms with Gasteiger partial charge in [-0.1, -0.05) is 24.4 Å². The van der Waals surface area contributed by atoms with Gasteiger partial charge < -0.3 is 10.4 Å². The number of carbonyl (C=O) groups excluding carboxylic acids is 1. The van der Waals surface area contributed by atoms with Crippen molar-refractivity contribution in [3.05, 3.63) is 29.0 Å². The van der Waals surface area contributed by atoms with Crippen molar-refractivity contribution in [1.82, 2.24) is 4.90 Å². The molecule has 2 N–H and O–H groups in total. The second-order valence-electron chi connectivity index (χ2n) is 5.51. The number of benzene rings is 1. The lowest BCUT2D eigenvalue weighted by molar-refractivity contribution is -0.118. The molecule has 1 amide bonds. The lowest BCUT2D eigenvalue weighted by Gasteiger charge is -2.34. The zero-order valence-electron chi connectivity index (χ0n) is 12.0. The largest absolute Gasteiger partial charge is 0.391 e. The minimum absolute atomic E-state index is 0.0143. The van der Waals surface area contributed by atoms with Gasteiger partial charge in [0, 0.05) is 11.1 Å². The summed E-state index contributed by atoms with van der Waals surface area (Å²) in [6.07, 6.45) is 3.32. The van der Waals surface area contributed by atoms with Gasteiger partial charge in [-0.25, -0.2) is 4.39 Å². The van der Waals surface area contributed by atoms with E-state index in [2.05, 4.69) is 5.32 Å². The van der Waals surface area contributed by atoms with E-state index in [9.17, 15) is 14.3 Å². The number of carbonyl (C=O) groups is 1. The number of likely N-dealkylation sites (N-methyl/N-ethyl adjacent to an activating group) is 1. The van der Waals surface area contributed by atoms with Crippen molar-refractivity contribution < 1.29 is 14.3 Å². The molecule has 1 aromatic carbocycles. The molecule has 0 heterocycles. The highest BCUT2D eigenvalue weighted by atomic mass is 35.5. The Kier molecular flexibility index (Phi) is 5.56. The molecule has 2 unspecified atom stereocenters. The second kappa shape index (κ2) is 7.20. The Morgan fingerprint density at radius 1 is 1.48 bits per heavy atom. The van der Waals surface area contributed by atoms with E-state index < -0.39 is 11.9 Å². The molecular weight excluding hydrogens is 295 g/mol. The standard InChI is InChI=1S/C15H20ClFN2O2/c1-19(13-4-2-3-5-14(13)20)9-15(21)18-12-7-6-10(16)8-11(12)17/h6-8,13-14,20H,2-5,9H2,1H3,(H,18,21). The van der Waals surface area contributed by atoms with Gasteiger partial charge >= 0.3 is 0 Å². The van der Waals surface area contributed by atoms with Crippen LogP contribution >= 0.6 is 11.6 Å². The molecular formula is C15H20ClFN2O2. The van der Waals surface area contributed by atoms with Crippen LogP contribution in [0.2, 0.25) is 5.02 Å². The fourth-order valence-electron chi connectivity index (χ4n) is 2.73. The molecule has 1 aromatic rings. The fourth-order valence-corrected chi connectivity index (χ4v) is 2.89. The van der Waals surface area contributed by atoms with Gasteiger partial charge in [0.2, 0.25) is 5.91 Å². The molecule has 2 atom stereocenters. The molecule has 0 spiro atoms. The Bertz CT molecular complexity index is 512. The predicted molar refractivity (Wildman–Crippen MR) is 80.9 cm³/mol. The van der Waals surface area contributed by atoms with Crippen LogP contribution in [-0.2, 0) is 4.79 Å². The summed E-state index contributed by atoms with van der Waals surface area (Å²) >= 11 is 5.67. The highest BCUT2D eigenvalue weighted by Crippen LogP contribution is 2.22. The molecule has 0 radical (unpaired) electrons. The first kappa shape index (κ1) is 16.2. The number of hydrogen-bond acceptors (Lipinski definition) is 3. The highest BCUT2D eigenvalue weighted by molar-refractivity contribution is 6.30. The van der Waals surface area contributed by atoms with E-state index in [1.54, 1.807) is 7.05 Å². The maximum atomic E-state index is 13.6. The summed E-state index contributed by atoms with van der Waals surface area (Å²) < 4.78 is 13.6. The molecule has 116 valence electrons. The first-order valence-electron chi connectivity index (χ1n) is 7.10. The van der Waals surface area contributed by atoms with E-state index in [1.807, 2.05) is 4.90 Å². The Hall–Kier alpha value is -1.17. The molecule has 4 nitrogen and oxygen atoms in total. The molecule has 21 heavy (non-hydrogen) atoms. The molecule has 2 rings (SSSR count). The zero-order chi connectivity index (χ0) is 15.4. The number of aliphatic hydroxyl groups is 1. The first-order chi connectivity index (χ1) is 9.97. The van der Waals surface area contributed by atoms with Crippen LogP contribution in [0.1, 0.15) is 25.7 Å². The van der Waals surface area contributed by atoms with Crippen LogP contribution in [0, 0.1) is 5.82 Å². The van der Waals surface area contributed by atoms with Crippen molar-refractivity contribution in [2.24, 2.45) is 0 Å². The number of nitrogens with one attached hydrogen (secondary N) is 1. The zero-order valence-corrected chi connectivity index (χ0v) is 12.7. The van der Waals surface area contributed by atoms with Crippen LogP contribution in [0.25, 0.3) is 0 Å². The van der Waals surface area contributed by atoms with Gasteiger partial charge in [-0.3, -0.25) is 9.69 Å². The summed E-state index contributed by atoms with van der Waals surface area (Å²) in [4.78, 5) is 13.8. The molecule has 0 aliphatic heterocycles. The van der Waals surface area contributed by atoms with Crippen LogP contribution < -0.4 is 5.32 Å². The number of hydrogen-bond donors (Lipinski definition) is 2. The SMILES string of the molecule is CN(CC(=O)Nc1ccc(Cl)cc1F)C1CCCCC1O. The van der Waals surface area contributed by atoms with Gasteiger partial charge in [0.05, 0.1) is 18.3 Å². The van der Waals surface area contributed by atoms with Crippen LogP contribution in [0.3, 0.4) is 0 Å². The molecule has 1 aliphatic carbocycles. The number of nitrogens with zero attached hydrogens (tertiary/aromatic N) is 1. The second-order valence-corrected chi connectivity index (χ2v) is 5.94. The van der Waals surface area contributed by atoms with Gasteiger partial charge in [0.15, 0.2) is 0 Å². The van der Waals surface area contributed by atoms with Gasteiger partial charge in [-0.15, -0.1) is 0 Å². The molecule has 1 aliphatic rings. The van der Waals surface area contributed by atoms with Gasteiger partial charge in [0.25, 0.3) is 0 Å². The lowest BCUT2D eigenvalue weighted by atomic mass is 9.91. The van der Waals surface area contributed by atoms with Gasteiger partial charge in [0.1, 0.15) is 5.82 Å². The quantitative estimate of drug-likeness (QED) is 0.898. The fraction of sp³-hybridized carbons (Fsp3) is 0.533. The average Bonchev–Trinajstić information content (AvgIpc) is 2.42. The predicted octanol–water partition coefficient (Wildman–Crippen LogP) is 2.65. The summed E-state index contributed by atoms with van der Waals surface area (Å²) in [5.41, 5.74) is 0.113. The summed E-state index contributed by atoms with van der Waals surface area (Å²) in [7, 11) is 1.80. The van der Waals surface area contributed by atoms with Crippen molar-refractivity contribution >= 4 is 23.2 Å². The number of rotatable bonds is 4.